The van der Waals surface area contributed by atoms with E-state index in [-0.39, 0.29) is 0 Å². The molecule has 5 nitrogen and oxygen atoms in total. The van der Waals surface area contributed by atoms with E-state index in [1.165, 1.54) is 6.42 Å². The van der Waals surface area contributed by atoms with E-state index in [2.05, 4.69) is 46.8 Å². The van der Waals surface area contributed by atoms with Crippen molar-refractivity contribution in [3.63, 3.8) is 0 Å². The van der Waals surface area contributed by atoms with Crippen molar-refractivity contribution in [1.29, 1.82) is 0 Å². The van der Waals surface area contributed by atoms with Gasteiger partial charge in [0.1, 0.15) is 0 Å². The summed E-state index contributed by atoms with van der Waals surface area (Å²) in [6.45, 7) is 7.40. The summed E-state index contributed by atoms with van der Waals surface area (Å²) >= 11 is 1.66. The van der Waals surface area contributed by atoms with Gasteiger partial charge in [-0.1, -0.05) is 13.8 Å². The lowest BCUT2D eigenvalue weighted by Crippen LogP contribution is -2.42. The van der Waals surface area contributed by atoms with Crippen molar-refractivity contribution in [1.82, 2.24) is 15.6 Å². The van der Waals surface area contributed by atoms with Crippen molar-refractivity contribution < 1.29 is 0 Å². The number of hydrogen-bond acceptors (Lipinski definition) is 4. The van der Waals surface area contributed by atoms with Gasteiger partial charge in [0, 0.05) is 32.6 Å². The highest BCUT2D eigenvalue weighted by atomic mass is 32.1. The molecule has 120 valence electrons. The molecule has 21 heavy (non-hydrogen) atoms. The van der Waals surface area contributed by atoms with Crippen LogP contribution in [-0.2, 0) is 6.54 Å². The van der Waals surface area contributed by atoms with Gasteiger partial charge >= 0.3 is 0 Å². The Labute approximate surface area is 132 Å². The lowest BCUT2D eigenvalue weighted by molar-refractivity contribution is 0.489. The first-order valence-corrected chi connectivity index (χ1v) is 8.39. The Morgan fingerprint density at radius 2 is 2.05 bits per heavy atom. The molecule has 0 aliphatic heterocycles. The minimum Gasteiger partial charge on any atom is -0.354 e. The van der Waals surface area contributed by atoms with E-state index in [1.54, 1.807) is 18.4 Å². The Kier molecular flexibility index (Phi) is 7.50. The van der Waals surface area contributed by atoms with E-state index in [1.807, 2.05) is 19.0 Å². The van der Waals surface area contributed by atoms with Crippen LogP contribution in [0.3, 0.4) is 0 Å². The number of aliphatic imine (C=N–C) groups is 1. The molecule has 1 unspecified atom stereocenters. The van der Waals surface area contributed by atoms with Gasteiger partial charge in [0.05, 0.1) is 12.2 Å². The molecular formula is C15H29N5S. The molecule has 0 aliphatic rings. The van der Waals surface area contributed by atoms with Crippen LogP contribution in [0.5, 0.6) is 0 Å². The molecule has 6 heteroatoms. The fraction of sp³-hybridized carbons (Fsp3) is 0.733. The first-order valence-electron chi connectivity index (χ1n) is 7.51. The largest absolute Gasteiger partial charge is 0.354 e. The Morgan fingerprint density at radius 3 is 2.57 bits per heavy atom. The van der Waals surface area contributed by atoms with E-state index in [0.717, 1.165) is 29.1 Å². The molecule has 0 aromatic carbocycles. The second-order valence-electron chi connectivity index (χ2n) is 5.96. The van der Waals surface area contributed by atoms with E-state index >= 15 is 0 Å². The Morgan fingerprint density at radius 1 is 1.33 bits per heavy atom. The van der Waals surface area contributed by atoms with Gasteiger partial charge in [-0.25, -0.2) is 4.98 Å². The SMILES string of the molecule is CN=C(NCc1csc(N(C)C)n1)NC(C)CCC(C)C. The van der Waals surface area contributed by atoms with Gasteiger partial charge < -0.3 is 15.5 Å². The second kappa shape index (κ2) is 8.87. The minimum atomic E-state index is 0.423. The molecule has 1 aromatic heterocycles. The molecule has 0 saturated heterocycles. The van der Waals surface area contributed by atoms with Crippen molar-refractivity contribution in [3.8, 4) is 0 Å². The summed E-state index contributed by atoms with van der Waals surface area (Å²) in [5, 5.41) is 9.86. The minimum absolute atomic E-state index is 0.423. The van der Waals surface area contributed by atoms with Crippen molar-refractivity contribution >= 4 is 22.4 Å². The predicted molar refractivity (Wildman–Crippen MR) is 93.3 cm³/mol. The van der Waals surface area contributed by atoms with Crippen LogP contribution in [0.15, 0.2) is 10.4 Å². The second-order valence-corrected chi connectivity index (χ2v) is 6.79. The maximum Gasteiger partial charge on any atom is 0.191 e. The van der Waals surface area contributed by atoms with Gasteiger partial charge in [-0.2, -0.15) is 0 Å². The number of nitrogens with zero attached hydrogens (tertiary/aromatic N) is 3. The summed E-state index contributed by atoms with van der Waals surface area (Å²) in [4.78, 5) is 10.8. The number of guanidine groups is 1. The van der Waals surface area contributed by atoms with Gasteiger partial charge in [-0.15, -0.1) is 11.3 Å². The molecule has 0 fully saturated rings. The predicted octanol–water partition coefficient (Wildman–Crippen LogP) is 2.70. The molecule has 0 spiro atoms. The van der Waals surface area contributed by atoms with E-state index in [0.29, 0.717) is 12.6 Å². The zero-order chi connectivity index (χ0) is 15.8. The van der Waals surface area contributed by atoms with E-state index in [4.69, 9.17) is 0 Å². The molecule has 0 amide bonds. The average Bonchev–Trinajstić information content (AvgIpc) is 2.90. The molecular weight excluding hydrogens is 282 g/mol. The molecule has 2 N–H and O–H groups in total. The fourth-order valence-electron chi connectivity index (χ4n) is 1.84. The summed E-state index contributed by atoms with van der Waals surface area (Å²) in [5.41, 5.74) is 1.04. The summed E-state index contributed by atoms with van der Waals surface area (Å²) in [7, 11) is 5.82. The van der Waals surface area contributed by atoms with Crippen LogP contribution in [0.25, 0.3) is 0 Å². The topological polar surface area (TPSA) is 52.6 Å². The third-order valence-electron chi connectivity index (χ3n) is 3.14. The van der Waals surface area contributed by atoms with Crippen molar-refractivity contribution in [2.24, 2.45) is 10.9 Å². The Bertz CT molecular complexity index is 439. The Hall–Kier alpha value is -1.30. The van der Waals surface area contributed by atoms with Crippen LogP contribution in [0.2, 0.25) is 0 Å². The maximum absolute atomic E-state index is 4.55. The first-order chi connectivity index (χ1) is 9.92. The lowest BCUT2D eigenvalue weighted by Gasteiger charge is -2.18. The highest BCUT2D eigenvalue weighted by Gasteiger charge is 2.08. The van der Waals surface area contributed by atoms with Gasteiger partial charge in [0.2, 0.25) is 0 Å². The van der Waals surface area contributed by atoms with Crippen LogP contribution in [0, 0.1) is 5.92 Å². The first kappa shape index (κ1) is 17.8. The highest BCUT2D eigenvalue weighted by Crippen LogP contribution is 2.17. The third kappa shape index (κ3) is 6.80. The van der Waals surface area contributed by atoms with Crippen molar-refractivity contribution in [3.05, 3.63) is 11.1 Å². The number of thiazole rings is 1. The molecule has 1 heterocycles. The summed E-state index contributed by atoms with van der Waals surface area (Å²) in [5.74, 6) is 1.58. The molecule has 1 rings (SSSR count). The standard InChI is InChI=1S/C15H29N5S/c1-11(2)7-8-12(3)18-14(16-4)17-9-13-10-21-15(19-13)20(5)6/h10-12H,7-9H2,1-6H3,(H2,16,17,18). The van der Waals surface area contributed by atoms with Crippen LogP contribution in [-0.4, -0.2) is 38.1 Å². The van der Waals surface area contributed by atoms with Crippen LogP contribution in [0.4, 0.5) is 5.13 Å². The number of hydrogen-bond donors (Lipinski definition) is 2. The summed E-state index contributed by atoms with van der Waals surface area (Å²) in [6, 6.07) is 0.423. The van der Waals surface area contributed by atoms with Crippen LogP contribution >= 0.6 is 11.3 Å². The highest BCUT2D eigenvalue weighted by molar-refractivity contribution is 7.13. The zero-order valence-electron chi connectivity index (χ0n) is 14.1. The van der Waals surface area contributed by atoms with Crippen LogP contribution in [0.1, 0.15) is 39.3 Å². The van der Waals surface area contributed by atoms with Gasteiger partial charge in [0.25, 0.3) is 0 Å². The number of anilines is 1. The van der Waals surface area contributed by atoms with Gasteiger partial charge in [-0.05, 0) is 25.7 Å². The molecule has 0 radical (unpaired) electrons. The molecule has 1 atom stereocenters. The molecule has 0 bridgehead atoms. The van der Waals surface area contributed by atoms with Crippen molar-refractivity contribution in [2.45, 2.75) is 46.2 Å². The maximum atomic E-state index is 4.55. The number of rotatable bonds is 7. The third-order valence-corrected chi connectivity index (χ3v) is 4.20. The summed E-state index contributed by atoms with van der Waals surface area (Å²) in [6.07, 6.45) is 2.38. The lowest BCUT2D eigenvalue weighted by atomic mass is 10.0. The normalized spacial score (nSPS) is 13.4. The fourth-order valence-corrected chi connectivity index (χ4v) is 2.60. The monoisotopic (exact) mass is 311 g/mol. The smallest absolute Gasteiger partial charge is 0.191 e. The van der Waals surface area contributed by atoms with Crippen LogP contribution < -0.4 is 15.5 Å². The molecule has 0 saturated carbocycles. The molecule has 1 aromatic rings. The Balaban J connectivity index is 2.40. The zero-order valence-corrected chi connectivity index (χ0v) is 14.9. The van der Waals surface area contributed by atoms with Gasteiger partial charge in [-0.3, -0.25) is 4.99 Å². The average molecular weight is 311 g/mol. The van der Waals surface area contributed by atoms with E-state index < -0.39 is 0 Å². The quantitative estimate of drug-likeness (QED) is 0.600. The van der Waals surface area contributed by atoms with E-state index in [9.17, 15) is 0 Å². The number of aromatic nitrogens is 1. The van der Waals surface area contributed by atoms with Gasteiger partial charge in [0.15, 0.2) is 11.1 Å². The summed E-state index contributed by atoms with van der Waals surface area (Å²) < 4.78 is 0. The van der Waals surface area contributed by atoms with Crippen molar-refractivity contribution in [2.75, 3.05) is 26.0 Å². The molecule has 0 aliphatic carbocycles. The number of nitrogens with one attached hydrogen (secondary N) is 2.